The largest absolute Gasteiger partial charge is 0.508 e. The van der Waals surface area contributed by atoms with Gasteiger partial charge in [-0.25, -0.2) is 4.39 Å². The Balaban J connectivity index is 1.66. The predicted molar refractivity (Wildman–Crippen MR) is 105 cm³/mol. The van der Waals surface area contributed by atoms with Crippen molar-refractivity contribution in [1.29, 1.82) is 0 Å². The number of Topliss-reactive ketones (excluding diaryl/α,β-unsaturated/α-hetero) is 1. The lowest BCUT2D eigenvalue weighted by atomic mass is 9.72. The monoisotopic (exact) mass is 390 g/mol. The Kier molecular flexibility index (Phi) is 4.01. The van der Waals surface area contributed by atoms with Gasteiger partial charge in [0.25, 0.3) is 0 Å². The normalized spacial score (nSPS) is 20.8. The second kappa shape index (κ2) is 6.58. The Morgan fingerprint density at radius 3 is 2.59 bits per heavy atom. The van der Waals surface area contributed by atoms with E-state index in [1.165, 1.54) is 6.07 Å². The van der Waals surface area contributed by atoms with E-state index < -0.39 is 5.92 Å². The van der Waals surface area contributed by atoms with Crippen LogP contribution >= 0.6 is 0 Å². The highest BCUT2D eigenvalue weighted by molar-refractivity contribution is 6.01. The number of para-hydroxylation sites is 1. The molecular weight excluding hydrogens is 371 g/mol. The summed E-state index contributed by atoms with van der Waals surface area (Å²) in [5.74, 6) is -0.541. The molecule has 2 N–H and O–H groups in total. The molecule has 1 aromatic heterocycles. The number of phenolic OH excluding ortho intramolecular Hbond substituents is 1. The van der Waals surface area contributed by atoms with Gasteiger partial charge in [-0.3, -0.25) is 4.79 Å². The smallest absolute Gasteiger partial charge is 0.233 e. The van der Waals surface area contributed by atoms with Crippen LogP contribution < -0.4 is 5.32 Å². The van der Waals surface area contributed by atoms with Crippen molar-refractivity contribution >= 4 is 11.7 Å². The van der Waals surface area contributed by atoms with Gasteiger partial charge < -0.3 is 14.9 Å². The number of carbonyl (C=O) groups excluding carboxylic acids is 1. The third-order valence-corrected chi connectivity index (χ3v) is 5.85. The maximum atomic E-state index is 14.7. The first-order valence-electron chi connectivity index (χ1n) is 9.56. The van der Waals surface area contributed by atoms with E-state index in [-0.39, 0.29) is 29.7 Å². The van der Waals surface area contributed by atoms with Crippen molar-refractivity contribution in [2.24, 2.45) is 0 Å². The predicted octanol–water partition coefficient (Wildman–Crippen LogP) is 4.79. The number of fused-ring (bicyclic) bond motifs is 1. The third kappa shape index (κ3) is 2.75. The van der Waals surface area contributed by atoms with Gasteiger partial charge in [0.15, 0.2) is 5.78 Å². The Hall–Kier alpha value is -3.41. The highest BCUT2D eigenvalue weighted by Gasteiger charge is 2.42. The molecule has 1 aliphatic carbocycles. The number of nitrogens with one attached hydrogen (secondary N) is 1. The van der Waals surface area contributed by atoms with Crippen molar-refractivity contribution < 1.29 is 18.8 Å². The number of nitrogens with zero attached hydrogens (tertiary/aromatic N) is 1. The first kappa shape index (κ1) is 17.7. The number of aromatic nitrogens is 1. The molecule has 29 heavy (non-hydrogen) atoms. The van der Waals surface area contributed by atoms with Crippen LogP contribution in [0.2, 0.25) is 0 Å². The zero-order valence-corrected chi connectivity index (χ0v) is 15.8. The van der Waals surface area contributed by atoms with Gasteiger partial charge in [-0.15, -0.1) is 0 Å². The number of aromatic hydroxyl groups is 1. The number of allylic oxidation sites excluding steroid dienone is 2. The molecule has 0 amide bonds. The molecule has 0 fully saturated rings. The van der Waals surface area contributed by atoms with Crippen LogP contribution in [0.15, 0.2) is 64.3 Å². The molecule has 0 saturated carbocycles. The van der Waals surface area contributed by atoms with Gasteiger partial charge in [-0.1, -0.05) is 41.6 Å². The summed E-state index contributed by atoms with van der Waals surface area (Å²) in [6.07, 6.45) is 0.769. The van der Waals surface area contributed by atoms with E-state index in [2.05, 4.69) is 10.5 Å². The van der Waals surface area contributed by atoms with E-state index in [1.54, 1.807) is 37.3 Å². The number of ketones is 1. The fourth-order valence-corrected chi connectivity index (χ4v) is 4.55. The number of anilines is 1. The highest BCUT2D eigenvalue weighted by atomic mass is 19.1. The molecule has 2 aromatic carbocycles. The number of hydrogen-bond donors (Lipinski definition) is 2. The molecule has 2 heterocycles. The SMILES string of the molecule is Cc1noc2c1[C@H](c1ccccc1F)C1=C(C[C@@H](c3ccccc3O)CC1=O)N2. The summed E-state index contributed by atoms with van der Waals surface area (Å²) in [6.45, 7) is 1.79. The molecule has 2 atom stereocenters. The molecule has 2 aliphatic rings. The molecule has 5 nitrogen and oxygen atoms in total. The van der Waals surface area contributed by atoms with E-state index in [1.807, 2.05) is 12.1 Å². The van der Waals surface area contributed by atoms with Gasteiger partial charge >= 0.3 is 0 Å². The molecule has 0 radical (unpaired) electrons. The lowest BCUT2D eigenvalue weighted by Crippen LogP contribution is -2.30. The lowest BCUT2D eigenvalue weighted by molar-refractivity contribution is -0.116. The second-order valence-corrected chi connectivity index (χ2v) is 7.57. The van der Waals surface area contributed by atoms with Crippen molar-refractivity contribution in [3.05, 3.63) is 88.0 Å². The zero-order chi connectivity index (χ0) is 20.1. The summed E-state index contributed by atoms with van der Waals surface area (Å²) < 4.78 is 20.2. The number of rotatable bonds is 2. The van der Waals surface area contributed by atoms with Crippen LogP contribution in [0.1, 0.15) is 47.1 Å². The quantitative estimate of drug-likeness (QED) is 0.658. The fraction of sp³-hybridized carbons (Fsp3) is 0.217. The number of carbonyl (C=O) groups is 1. The average Bonchev–Trinajstić information content (AvgIpc) is 3.08. The second-order valence-electron chi connectivity index (χ2n) is 7.57. The van der Waals surface area contributed by atoms with Crippen molar-refractivity contribution in [2.75, 3.05) is 5.32 Å². The summed E-state index contributed by atoms with van der Waals surface area (Å²) in [6, 6.07) is 13.6. The van der Waals surface area contributed by atoms with Gasteiger partial charge in [0, 0.05) is 35.1 Å². The molecule has 0 bridgehead atoms. The zero-order valence-electron chi connectivity index (χ0n) is 15.8. The van der Waals surface area contributed by atoms with Gasteiger partial charge in [0.2, 0.25) is 5.88 Å². The van der Waals surface area contributed by atoms with Crippen LogP contribution in [-0.4, -0.2) is 16.0 Å². The van der Waals surface area contributed by atoms with Crippen molar-refractivity contribution in [3.63, 3.8) is 0 Å². The molecule has 1 aliphatic heterocycles. The Labute approximate surface area is 166 Å². The molecular formula is C23H19FN2O3. The summed E-state index contributed by atoms with van der Waals surface area (Å²) in [7, 11) is 0. The molecule has 0 unspecified atom stereocenters. The molecule has 3 aromatic rings. The Morgan fingerprint density at radius 1 is 1.10 bits per heavy atom. The lowest BCUT2D eigenvalue weighted by Gasteiger charge is -2.34. The fourth-order valence-electron chi connectivity index (χ4n) is 4.55. The van der Waals surface area contributed by atoms with Gasteiger partial charge in [0.05, 0.1) is 11.3 Å². The molecule has 5 rings (SSSR count). The minimum absolute atomic E-state index is 0.0634. The maximum absolute atomic E-state index is 14.7. The summed E-state index contributed by atoms with van der Waals surface area (Å²) >= 11 is 0. The van der Waals surface area contributed by atoms with E-state index in [0.717, 1.165) is 5.56 Å². The molecule has 0 saturated heterocycles. The van der Waals surface area contributed by atoms with Crippen LogP contribution in [0.3, 0.4) is 0 Å². The minimum Gasteiger partial charge on any atom is -0.508 e. The van der Waals surface area contributed by atoms with E-state index in [4.69, 9.17) is 4.52 Å². The summed E-state index contributed by atoms with van der Waals surface area (Å²) in [4.78, 5) is 13.3. The standard InChI is InChI=1S/C23H19FN2O3/c1-12-20-21(15-7-2-4-8-16(15)24)22-17(25-23(20)29-26-12)10-13(11-19(22)28)14-6-3-5-9-18(14)27/h2-9,13,21,25,27H,10-11H2,1H3/t13-,21+/m1/s1. The minimum atomic E-state index is -0.563. The first-order chi connectivity index (χ1) is 14.0. The summed E-state index contributed by atoms with van der Waals surface area (Å²) in [5.41, 5.74) is 3.75. The van der Waals surface area contributed by atoms with Gasteiger partial charge in [0.1, 0.15) is 11.6 Å². The molecule has 0 spiro atoms. The third-order valence-electron chi connectivity index (χ3n) is 5.85. The number of benzene rings is 2. The van der Waals surface area contributed by atoms with Crippen LogP contribution in [0, 0.1) is 12.7 Å². The van der Waals surface area contributed by atoms with Gasteiger partial charge in [-0.05, 0) is 31.0 Å². The number of aryl methyl sites for hydroxylation is 1. The highest BCUT2D eigenvalue weighted by Crippen LogP contribution is 2.50. The van der Waals surface area contributed by atoms with Crippen molar-refractivity contribution in [3.8, 4) is 5.75 Å². The van der Waals surface area contributed by atoms with Gasteiger partial charge in [-0.2, -0.15) is 0 Å². The number of phenols is 1. The van der Waals surface area contributed by atoms with Crippen LogP contribution in [0.4, 0.5) is 10.3 Å². The first-order valence-corrected chi connectivity index (χ1v) is 9.56. The van der Waals surface area contributed by atoms with Crippen molar-refractivity contribution in [1.82, 2.24) is 5.16 Å². The Bertz CT molecular complexity index is 1160. The average molecular weight is 390 g/mol. The molecule has 6 heteroatoms. The van der Waals surface area contributed by atoms with Crippen molar-refractivity contribution in [2.45, 2.75) is 31.6 Å². The number of hydrogen-bond acceptors (Lipinski definition) is 5. The van der Waals surface area contributed by atoms with E-state index in [9.17, 15) is 14.3 Å². The van der Waals surface area contributed by atoms with E-state index >= 15 is 0 Å². The summed E-state index contributed by atoms with van der Waals surface area (Å²) in [5, 5.41) is 17.5. The van der Waals surface area contributed by atoms with Crippen LogP contribution in [-0.2, 0) is 4.79 Å². The Morgan fingerprint density at radius 2 is 1.83 bits per heavy atom. The molecule has 146 valence electrons. The van der Waals surface area contributed by atoms with Crippen LogP contribution in [0.5, 0.6) is 5.75 Å². The van der Waals surface area contributed by atoms with Crippen LogP contribution in [0.25, 0.3) is 0 Å². The maximum Gasteiger partial charge on any atom is 0.233 e. The van der Waals surface area contributed by atoms with E-state index in [0.29, 0.717) is 40.4 Å². The topological polar surface area (TPSA) is 75.4 Å². The number of halogens is 1.